The molecule has 1 heterocycles. The Hall–Kier alpha value is -3.48. The Kier molecular flexibility index (Phi) is 6.96. The van der Waals surface area contributed by atoms with Gasteiger partial charge in [0.05, 0.1) is 35.3 Å². The number of hydrogen-bond acceptors (Lipinski definition) is 5. The third-order valence-corrected chi connectivity index (χ3v) is 5.72. The summed E-state index contributed by atoms with van der Waals surface area (Å²) in [4.78, 5) is 27.3. The Bertz CT molecular complexity index is 1510. The lowest BCUT2D eigenvalue weighted by Crippen LogP contribution is -2.32. The summed E-state index contributed by atoms with van der Waals surface area (Å²) in [5.74, 6) is 6.50. The lowest BCUT2D eigenvalue weighted by Gasteiger charge is -2.24. The zero-order chi connectivity index (χ0) is 25.3. The zero-order valence-corrected chi connectivity index (χ0v) is 20.9. The maximum absolute atomic E-state index is 12.4. The fourth-order valence-corrected chi connectivity index (χ4v) is 4.09. The number of hydrogen-bond donors (Lipinski definition) is 2. The van der Waals surface area contributed by atoms with Crippen molar-refractivity contribution in [2.45, 2.75) is 26.2 Å². The summed E-state index contributed by atoms with van der Waals surface area (Å²) in [6.45, 7) is 5.94. The highest BCUT2D eigenvalue weighted by molar-refractivity contribution is 7.92. The summed E-state index contributed by atoms with van der Waals surface area (Å²) in [5, 5.41) is 0.253. The van der Waals surface area contributed by atoms with Gasteiger partial charge >= 0.3 is 5.69 Å². The zero-order valence-electron chi connectivity index (χ0n) is 19.3. The number of nitrogens with one attached hydrogen (secondary N) is 2. The first-order valence-corrected chi connectivity index (χ1v) is 12.4. The Morgan fingerprint density at radius 1 is 1.06 bits per heavy atom. The largest absolute Gasteiger partial charge is 0.495 e. The number of ether oxygens (including phenoxy) is 1. The second-order valence-corrected chi connectivity index (χ2v) is 10.8. The van der Waals surface area contributed by atoms with E-state index in [9.17, 15) is 18.0 Å². The molecule has 0 radical (unpaired) electrons. The molecular formula is C24H24ClN3O5S. The van der Waals surface area contributed by atoms with Crippen molar-refractivity contribution in [3.05, 3.63) is 85.1 Å². The van der Waals surface area contributed by atoms with Gasteiger partial charge in [-0.3, -0.25) is 9.52 Å². The van der Waals surface area contributed by atoms with Crippen LogP contribution in [0.5, 0.6) is 5.75 Å². The topological polar surface area (TPSA) is 110 Å². The fourth-order valence-electron chi connectivity index (χ4n) is 3.31. The van der Waals surface area contributed by atoms with Crippen LogP contribution in [0.25, 0.3) is 5.69 Å². The molecule has 0 saturated carbocycles. The average Bonchev–Trinajstić information content (AvgIpc) is 2.71. The van der Waals surface area contributed by atoms with Gasteiger partial charge in [-0.2, -0.15) is 0 Å². The molecular weight excluding hydrogens is 478 g/mol. The molecule has 0 saturated heterocycles. The normalized spacial score (nSPS) is 11.5. The summed E-state index contributed by atoms with van der Waals surface area (Å²) in [5.41, 5.74) is 0.883. The number of benzene rings is 2. The van der Waals surface area contributed by atoms with Crippen molar-refractivity contribution in [2.75, 3.05) is 18.1 Å². The van der Waals surface area contributed by atoms with Crippen molar-refractivity contribution in [2.24, 2.45) is 0 Å². The van der Waals surface area contributed by atoms with E-state index in [0.29, 0.717) is 28.3 Å². The van der Waals surface area contributed by atoms with Crippen LogP contribution in [0.2, 0.25) is 5.02 Å². The number of H-pyrrole nitrogens is 1. The summed E-state index contributed by atoms with van der Waals surface area (Å²) in [7, 11) is -1.92. The maximum atomic E-state index is 12.4. The molecule has 178 valence electrons. The second-order valence-electron chi connectivity index (χ2n) is 8.60. The van der Waals surface area contributed by atoms with Gasteiger partial charge in [-0.05, 0) is 35.7 Å². The lowest BCUT2D eigenvalue weighted by molar-refractivity contribution is 0.396. The van der Waals surface area contributed by atoms with Gasteiger partial charge in [-0.25, -0.2) is 17.8 Å². The molecule has 0 bridgehead atoms. The molecule has 0 amide bonds. The third-order valence-electron chi connectivity index (χ3n) is 4.80. The molecule has 3 aromatic rings. The highest BCUT2D eigenvalue weighted by atomic mass is 35.5. The van der Waals surface area contributed by atoms with Gasteiger partial charge < -0.3 is 9.72 Å². The van der Waals surface area contributed by atoms with Crippen molar-refractivity contribution >= 4 is 27.3 Å². The van der Waals surface area contributed by atoms with Crippen molar-refractivity contribution in [3.63, 3.8) is 0 Å². The molecule has 0 aliphatic rings. The van der Waals surface area contributed by atoms with Gasteiger partial charge in [0.15, 0.2) is 0 Å². The molecule has 1 aromatic heterocycles. The van der Waals surface area contributed by atoms with Crippen LogP contribution < -0.4 is 20.7 Å². The number of aromatic amines is 1. The van der Waals surface area contributed by atoms with Gasteiger partial charge in [0, 0.05) is 23.4 Å². The van der Waals surface area contributed by atoms with Gasteiger partial charge in [-0.1, -0.05) is 44.2 Å². The molecule has 2 N–H and O–H groups in total. The van der Waals surface area contributed by atoms with Crippen molar-refractivity contribution in [3.8, 4) is 23.3 Å². The van der Waals surface area contributed by atoms with Crippen LogP contribution in [0.3, 0.4) is 0 Å². The molecule has 10 heteroatoms. The Morgan fingerprint density at radius 2 is 1.74 bits per heavy atom. The highest BCUT2D eigenvalue weighted by Crippen LogP contribution is 2.35. The molecule has 34 heavy (non-hydrogen) atoms. The number of aromatic nitrogens is 2. The van der Waals surface area contributed by atoms with E-state index in [1.165, 1.54) is 25.4 Å². The molecule has 0 fully saturated rings. The number of nitrogens with zero attached hydrogens (tertiary/aromatic N) is 1. The van der Waals surface area contributed by atoms with E-state index >= 15 is 0 Å². The first-order valence-electron chi connectivity index (χ1n) is 10.1. The van der Waals surface area contributed by atoms with E-state index < -0.39 is 21.3 Å². The highest BCUT2D eigenvalue weighted by Gasteiger charge is 2.23. The molecule has 0 spiro atoms. The maximum Gasteiger partial charge on any atom is 0.332 e. The minimum atomic E-state index is -3.45. The second kappa shape index (κ2) is 9.41. The molecule has 8 nitrogen and oxygen atoms in total. The number of anilines is 1. The van der Waals surface area contributed by atoms with Crippen molar-refractivity contribution in [1.82, 2.24) is 9.55 Å². The lowest BCUT2D eigenvalue weighted by atomic mass is 9.84. The molecule has 3 rings (SSSR count). The van der Waals surface area contributed by atoms with E-state index in [0.717, 1.165) is 16.4 Å². The van der Waals surface area contributed by atoms with Crippen molar-refractivity contribution in [1.29, 1.82) is 0 Å². The SMILES string of the molecule is COc1c(C#Cc2ccc(NS(C)(=O)=O)cc2Cl)cc(-n2c(=O)cc[nH]c2=O)cc1C(C)(C)C. The monoisotopic (exact) mass is 501 g/mol. The van der Waals surface area contributed by atoms with Gasteiger partial charge in [-0.15, -0.1) is 0 Å². The Labute approximate surface area is 202 Å². The summed E-state index contributed by atoms with van der Waals surface area (Å²) in [6.07, 6.45) is 2.34. The van der Waals surface area contributed by atoms with Gasteiger partial charge in [0.2, 0.25) is 10.0 Å². The van der Waals surface area contributed by atoms with Crippen LogP contribution >= 0.6 is 11.6 Å². The van der Waals surface area contributed by atoms with E-state index in [-0.39, 0.29) is 10.4 Å². The predicted octanol–water partition coefficient (Wildman–Crippen LogP) is 3.26. The summed E-state index contributed by atoms with van der Waals surface area (Å²) >= 11 is 6.31. The predicted molar refractivity (Wildman–Crippen MR) is 134 cm³/mol. The first kappa shape index (κ1) is 25.1. The molecule has 0 unspecified atom stereocenters. The standard InChI is InChI=1S/C24H24ClN3O5S/c1-24(2,3)19-14-18(28-21(29)10-11-26-23(28)30)12-16(22(19)33-4)7-6-15-8-9-17(13-20(15)25)27-34(5,31)32/h8-14,27H,1-5H3,(H,26,30). The van der Waals surface area contributed by atoms with Gasteiger partial charge in [0.25, 0.3) is 5.56 Å². The quantitative estimate of drug-likeness (QED) is 0.533. The van der Waals surface area contributed by atoms with Crippen LogP contribution in [-0.2, 0) is 15.4 Å². The number of sulfonamides is 1. The average molecular weight is 502 g/mol. The van der Waals surface area contributed by atoms with Crippen molar-refractivity contribution < 1.29 is 13.2 Å². The van der Waals surface area contributed by atoms with Crippen LogP contribution in [0.1, 0.15) is 37.5 Å². The molecule has 2 aromatic carbocycles. The van der Waals surface area contributed by atoms with Crippen LogP contribution in [0.15, 0.2) is 52.2 Å². The minimum Gasteiger partial charge on any atom is -0.495 e. The number of rotatable bonds is 4. The Balaban J connectivity index is 2.21. The van der Waals surface area contributed by atoms with Gasteiger partial charge in [0.1, 0.15) is 5.75 Å². The third kappa shape index (κ3) is 5.71. The summed E-state index contributed by atoms with van der Waals surface area (Å²) in [6, 6.07) is 9.21. The smallest absolute Gasteiger partial charge is 0.332 e. The first-order chi connectivity index (χ1) is 15.8. The minimum absolute atomic E-state index is 0.253. The molecule has 0 aliphatic heterocycles. The number of methoxy groups -OCH3 is 1. The van der Waals surface area contributed by atoms with Crippen LogP contribution in [0.4, 0.5) is 5.69 Å². The number of halogens is 1. The van der Waals surface area contributed by atoms with E-state index in [1.54, 1.807) is 24.3 Å². The van der Waals surface area contributed by atoms with Crippen LogP contribution in [-0.4, -0.2) is 31.3 Å². The Morgan fingerprint density at radius 3 is 2.29 bits per heavy atom. The van der Waals surface area contributed by atoms with E-state index in [4.69, 9.17) is 16.3 Å². The van der Waals surface area contributed by atoms with Crippen LogP contribution in [0, 0.1) is 11.8 Å². The molecule has 0 aliphatic carbocycles. The summed E-state index contributed by atoms with van der Waals surface area (Å²) < 4.78 is 31.9. The van der Waals surface area contributed by atoms with E-state index in [1.807, 2.05) is 20.8 Å². The molecule has 0 atom stereocenters. The fraction of sp³-hybridized carbons (Fsp3) is 0.250. The van der Waals surface area contributed by atoms with E-state index in [2.05, 4.69) is 21.5 Å².